The van der Waals surface area contributed by atoms with Crippen LogP contribution < -0.4 is 0 Å². The van der Waals surface area contributed by atoms with Crippen molar-refractivity contribution in [1.82, 2.24) is 4.90 Å². The Morgan fingerprint density at radius 2 is 1.55 bits per heavy atom. The molecule has 108 valence electrons. The molecule has 2 heteroatoms. The van der Waals surface area contributed by atoms with Crippen LogP contribution in [0.2, 0.25) is 0 Å². The maximum atomic E-state index is 12.8. The molecule has 0 spiro atoms. The van der Waals surface area contributed by atoms with Gasteiger partial charge in [-0.3, -0.25) is 4.79 Å². The standard InChI is InChI=1S/C18H25NO/c20-18(11-4-2-1-3-5-11)19-9-16-12-6-7-13(17(16)10-19)15-8-14(12)15/h1-2,11-17H,3-10H2. The number of carbonyl (C=O) groups excluding carboxylic acids is 1. The monoisotopic (exact) mass is 271 g/mol. The third-order valence-electron chi connectivity index (χ3n) is 7.27. The lowest BCUT2D eigenvalue weighted by Crippen LogP contribution is -2.40. The zero-order chi connectivity index (χ0) is 13.3. The normalized spacial score (nSPS) is 51.8. The summed E-state index contributed by atoms with van der Waals surface area (Å²) in [7, 11) is 0. The van der Waals surface area contributed by atoms with Crippen LogP contribution in [0.15, 0.2) is 12.2 Å². The topological polar surface area (TPSA) is 20.3 Å². The van der Waals surface area contributed by atoms with E-state index in [2.05, 4.69) is 17.1 Å². The molecule has 0 aromatic rings. The molecule has 7 unspecified atom stereocenters. The number of rotatable bonds is 1. The first-order valence-electron chi connectivity index (χ1n) is 8.76. The van der Waals surface area contributed by atoms with Crippen molar-refractivity contribution in [2.45, 2.75) is 38.5 Å². The first kappa shape index (κ1) is 11.8. The number of nitrogens with zero attached hydrogens (tertiary/aromatic N) is 1. The Bertz CT molecular complexity index is 446. The van der Waals surface area contributed by atoms with Gasteiger partial charge in [0.2, 0.25) is 5.91 Å². The van der Waals surface area contributed by atoms with Crippen molar-refractivity contribution in [3.05, 3.63) is 12.2 Å². The van der Waals surface area contributed by atoms with Crippen LogP contribution in [-0.4, -0.2) is 23.9 Å². The Balaban J connectivity index is 1.33. The number of hydrogen-bond donors (Lipinski definition) is 0. The van der Waals surface area contributed by atoms with Gasteiger partial charge in [0.1, 0.15) is 0 Å². The van der Waals surface area contributed by atoms with Crippen LogP contribution in [0.25, 0.3) is 0 Å². The van der Waals surface area contributed by atoms with Gasteiger partial charge < -0.3 is 4.90 Å². The third-order valence-corrected chi connectivity index (χ3v) is 7.27. The molecule has 5 fully saturated rings. The third kappa shape index (κ3) is 1.54. The van der Waals surface area contributed by atoms with Crippen LogP contribution in [0.3, 0.4) is 0 Å². The van der Waals surface area contributed by atoms with E-state index < -0.39 is 0 Å². The van der Waals surface area contributed by atoms with Gasteiger partial charge in [0.05, 0.1) is 0 Å². The fraction of sp³-hybridized carbons (Fsp3) is 0.833. The van der Waals surface area contributed by atoms with Crippen molar-refractivity contribution < 1.29 is 4.79 Å². The lowest BCUT2D eigenvalue weighted by molar-refractivity contribution is -0.135. The lowest BCUT2D eigenvalue weighted by Gasteiger charge is -2.44. The van der Waals surface area contributed by atoms with E-state index >= 15 is 0 Å². The minimum Gasteiger partial charge on any atom is -0.342 e. The first-order chi connectivity index (χ1) is 9.83. The average molecular weight is 271 g/mol. The van der Waals surface area contributed by atoms with E-state index in [1.807, 2.05) is 0 Å². The molecule has 0 radical (unpaired) electrons. The summed E-state index contributed by atoms with van der Waals surface area (Å²) in [6.07, 6.45) is 12.1. The molecule has 1 heterocycles. The molecule has 2 nitrogen and oxygen atoms in total. The summed E-state index contributed by atoms with van der Waals surface area (Å²) in [5, 5.41) is 0. The summed E-state index contributed by atoms with van der Waals surface area (Å²) in [6.45, 7) is 2.21. The van der Waals surface area contributed by atoms with Gasteiger partial charge in [0.25, 0.3) is 0 Å². The summed E-state index contributed by atoms with van der Waals surface area (Å²) in [5.41, 5.74) is 0. The molecule has 7 atom stereocenters. The highest BCUT2D eigenvalue weighted by Gasteiger charge is 2.63. The summed E-state index contributed by atoms with van der Waals surface area (Å²) in [5.74, 6) is 6.65. The highest BCUT2D eigenvalue weighted by atomic mass is 16.2. The largest absolute Gasteiger partial charge is 0.342 e. The SMILES string of the molecule is O=C(C1CC=CCC1)N1CC2C3CCC(C4CC34)C2C1. The van der Waals surface area contributed by atoms with Gasteiger partial charge in [-0.1, -0.05) is 12.2 Å². The number of amides is 1. The van der Waals surface area contributed by atoms with Gasteiger partial charge in [0.15, 0.2) is 0 Å². The molecule has 0 N–H and O–H groups in total. The molecular weight excluding hydrogens is 246 g/mol. The van der Waals surface area contributed by atoms with E-state index in [0.29, 0.717) is 11.8 Å². The Labute approximate surface area is 121 Å². The number of carbonyl (C=O) groups is 1. The average Bonchev–Trinajstić information content (AvgIpc) is 3.20. The quantitative estimate of drug-likeness (QED) is 0.671. The van der Waals surface area contributed by atoms with E-state index in [9.17, 15) is 4.79 Å². The van der Waals surface area contributed by atoms with Crippen molar-refractivity contribution in [1.29, 1.82) is 0 Å². The van der Waals surface area contributed by atoms with E-state index in [0.717, 1.165) is 67.9 Å². The molecule has 6 rings (SSSR count). The molecule has 1 aliphatic heterocycles. The molecule has 5 aliphatic carbocycles. The lowest BCUT2D eigenvalue weighted by atomic mass is 9.60. The molecule has 2 bridgehead atoms. The fourth-order valence-corrected chi connectivity index (χ4v) is 6.31. The molecule has 20 heavy (non-hydrogen) atoms. The van der Waals surface area contributed by atoms with Gasteiger partial charge >= 0.3 is 0 Å². The predicted octanol–water partition coefficient (Wildman–Crippen LogP) is 3.09. The molecule has 4 saturated carbocycles. The van der Waals surface area contributed by atoms with Gasteiger partial charge in [-0.25, -0.2) is 0 Å². The Morgan fingerprint density at radius 3 is 2.15 bits per heavy atom. The maximum absolute atomic E-state index is 12.8. The molecule has 0 aromatic carbocycles. The molecule has 0 aromatic heterocycles. The van der Waals surface area contributed by atoms with Crippen molar-refractivity contribution in [3.63, 3.8) is 0 Å². The Hall–Kier alpha value is -0.790. The van der Waals surface area contributed by atoms with E-state index in [4.69, 9.17) is 0 Å². The highest BCUT2D eigenvalue weighted by molar-refractivity contribution is 5.79. The second-order valence-electron chi connectivity index (χ2n) is 8.02. The number of fused-ring (bicyclic) bond motifs is 1. The number of allylic oxidation sites excluding steroid dienone is 2. The maximum Gasteiger partial charge on any atom is 0.226 e. The summed E-state index contributed by atoms with van der Waals surface area (Å²) in [4.78, 5) is 15.0. The van der Waals surface area contributed by atoms with Crippen LogP contribution in [0.4, 0.5) is 0 Å². The van der Waals surface area contributed by atoms with Gasteiger partial charge in [-0.05, 0) is 74.0 Å². The van der Waals surface area contributed by atoms with Crippen molar-refractivity contribution in [2.24, 2.45) is 41.4 Å². The van der Waals surface area contributed by atoms with Crippen molar-refractivity contribution in [2.75, 3.05) is 13.1 Å². The minimum absolute atomic E-state index is 0.298. The highest BCUT2D eigenvalue weighted by Crippen LogP contribution is 2.67. The molecular formula is C18H25NO. The zero-order valence-corrected chi connectivity index (χ0v) is 12.2. The van der Waals surface area contributed by atoms with Gasteiger partial charge in [-0.2, -0.15) is 0 Å². The Kier molecular flexibility index (Phi) is 2.43. The summed E-state index contributed by atoms with van der Waals surface area (Å²) in [6, 6.07) is 0. The molecule has 1 saturated heterocycles. The summed E-state index contributed by atoms with van der Waals surface area (Å²) < 4.78 is 0. The van der Waals surface area contributed by atoms with E-state index in [1.54, 1.807) is 0 Å². The Morgan fingerprint density at radius 1 is 0.850 bits per heavy atom. The number of likely N-dealkylation sites (tertiary alicyclic amines) is 1. The molecule has 6 aliphatic rings. The smallest absolute Gasteiger partial charge is 0.226 e. The van der Waals surface area contributed by atoms with Crippen molar-refractivity contribution >= 4 is 5.91 Å². The van der Waals surface area contributed by atoms with Crippen LogP contribution in [-0.2, 0) is 4.79 Å². The second-order valence-corrected chi connectivity index (χ2v) is 8.02. The van der Waals surface area contributed by atoms with Crippen LogP contribution in [0.5, 0.6) is 0 Å². The van der Waals surface area contributed by atoms with Crippen LogP contribution in [0, 0.1) is 41.4 Å². The van der Waals surface area contributed by atoms with E-state index in [1.165, 1.54) is 19.3 Å². The number of hydrogen-bond acceptors (Lipinski definition) is 1. The minimum atomic E-state index is 0.298. The van der Waals surface area contributed by atoms with Crippen LogP contribution >= 0.6 is 0 Å². The van der Waals surface area contributed by atoms with E-state index in [-0.39, 0.29) is 0 Å². The predicted molar refractivity (Wildman–Crippen MR) is 77.9 cm³/mol. The molecule has 1 amide bonds. The zero-order valence-electron chi connectivity index (χ0n) is 12.2. The van der Waals surface area contributed by atoms with Gasteiger partial charge in [-0.15, -0.1) is 0 Å². The van der Waals surface area contributed by atoms with Crippen LogP contribution in [0.1, 0.15) is 38.5 Å². The van der Waals surface area contributed by atoms with Gasteiger partial charge in [0, 0.05) is 19.0 Å². The van der Waals surface area contributed by atoms with Crippen molar-refractivity contribution in [3.8, 4) is 0 Å². The fourth-order valence-electron chi connectivity index (χ4n) is 6.31. The summed E-state index contributed by atoms with van der Waals surface area (Å²) >= 11 is 0. The second kappa shape index (κ2) is 4.11. The first-order valence-corrected chi connectivity index (χ1v) is 8.76.